The van der Waals surface area contributed by atoms with E-state index in [4.69, 9.17) is 4.42 Å². The maximum atomic E-state index is 12.6. The Morgan fingerprint density at radius 2 is 2.13 bits per heavy atom. The Balaban J connectivity index is 1.76. The van der Waals surface area contributed by atoms with Crippen molar-refractivity contribution in [2.75, 3.05) is 19.3 Å². The number of hydrogen-bond acceptors (Lipinski definition) is 4. The summed E-state index contributed by atoms with van der Waals surface area (Å²) < 4.78 is 5.60. The molecule has 1 aliphatic heterocycles. The zero-order valence-corrected chi connectivity index (χ0v) is 14.2. The second kappa shape index (κ2) is 6.42. The fourth-order valence-corrected chi connectivity index (χ4v) is 3.59. The number of aliphatic hydroxyl groups is 1. The summed E-state index contributed by atoms with van der Waals surface area (Å²) in [5.41, 5.74) is 0.970. The van der Waals surface area contributed by atoms with Crippen molar-refractivity contribution in [1.29, 1.82) is 0 Å². The third kappa shape index (κ3) is 3.16. The van der Waals surface area contributed by atoms with Gasteiger partial charge < -0.3 is 14.4 Å². The maximum absolute atomic E-state index is 12.6. The topological polar surface area (TPSA) is 53.7 Å². The molecule has 122 valence electrons. The van der Waals surface area contributed by atoms with Gasteiger partial charge in [0.1, 0.15) is 11.4 Å². The number of rotatable bonds is 4. The summed E-state index contributed by atoms with van der Waals surface area (Å²) >= 11 is 1.65. The van der Waals surface area contributed by atoms with Gasteiger partial charge in [-0.3, -0.25) is 4.79 Å². The van der Waals surface area contributed by atoms with Crippen LogP contribution in [0.15, 0.2) is 40.8 Å². The van der Waals surface area contributed by atoms with Crippen LogP contribution >= 0.6 is 11.8 Å². The first-order valence-electron chi connectivity index (χ1n) is 7.69. The van der Waals surface area contributed by atoms with Crippen LogP contribution in [-0.2, 0) is 11.4 Å². The quantitative estimate of drug-likeness (QED) is 0.935. The van der Waals surface area contributed by atoms with Crippen LogP contribution in [0.3, 0.4) is 0 Å². The summed E-state index contributed by atoms with van der Waals surface area (Å²) in [6.45, 7) is 2.82. The number of benzene rings is 1. The molecule has 23 heavy (non-hydrogen) atoms. The van der Waals surface area contributed by atoms with Crippen LogP contribution in [0.4, 0.5) is 0 Å². The van der Waals surface area contributed by atoms with Crippen molar-refractivity contribution in [1.82, 2.24) is 4.90 Å². The molecule has 2 heterocycles. The molecule has 1 unspecified atom stereocenters. The molecule has 2 aromatic rings. The van der Waals surface area contributed by atoms with Gasteiger partial charge in [0.05, 0.1) is 12.3 Å². The largest absolute Gasteiger partial charge is 0.455 e. The first-order valence-corrected chi connectivity index (χ1v) is 9.08. The van der Waals surface area contributed by atoms with E-state index >= 15 is 0 Å². The van der Waals surface area contributed by atoms with Crippen LogP contribution in [0.2, 0.25) is 0 Å². The van der Waals surface area contributed by atoms with Crippen molar-refractivity contribution in [3.05, 3.63) is 59.0 Å². The summed E-state index contributed by atoms with van der Waals surface area (Å²) in [6, 6.07) is 11.4. The molecule has 1 N–H and O–H groups in total. The smallest absolute Gasteiger partial charge is 0.289 e. The van der Waals surface area contributed by atoms with Gasteiger partial charge in [-0.1, -0.05) is 24.3 Å². The van der Waals surface area contributed by atoms with Crippen LogP contribution in [0.5, 0.6) is 0 Å². The lowest BCUT2D eigenvalue weighted by Crippen LogP contribution is -2.34. The maximum Gasteiger partial charge on any atom is 0.289 e. The third-order valence-electron chi connectivity index (χ3n) is 4.34. The summed E-state index contributed by atoms with van der Waals surface area (Å²) in [5, 5.41) is 11.0. The molecule has 0 aliphatic carbocycles. The molecular weight excluding hydrogens is 310 g/mol. The van der Waals surface area contributed by atoms with E-state index in [2.05, 4.69) is 0 Å². The first-order chi connectivity index (χ1) is 11.0. The summed E-state index contributed by atoms with van der Waals surface area (Å²) in [4.78, 5) is 14.3. The molecule has 4 nitrogen and oxygen atoms in total. The molecule has 1 saturated heterocycles. The molecule has 1 amide bonds. The summed E-state index contributed by atoms with van der Waals surface area (Å²) in [7, 11) is 0. The van der Waals surface area contributed by atoms with Crippen LogP contribution in [0.25, 0.3) is 0 Å². The standard InChI is InChI=1S/C18H21NO3S/c1-13-5-3-4-6-15(13)18(21)9-10-19(12-18)17(20)16-8-7-14(22-16)11-23-2/h3-8,21H,9-12H2,1-2H3. The van der Waals surface area contributed by atoms with Crippen molar-refractivity contribution in [2.45, 2.75) is 24.7 Å². The van der Waals surface area contributed by atoms with E-state index in [0.29, 0.717) is 25.3 Å². The van der Waals surface area contributed by atoms with Gasteiger partial charge in [-0.05, 0) is 42.9 Å². The van der Waals surface area contributed by atoms with Crippen LogP contribution in [0, 0.1) is 6.92 Å². The lowest BCUT2D eigenvalue weighted by Gasteiger charge is -2.25. The zero-order valence-electron chi connectivity index (χ0n) is 13.4. The van der Waals surface area contributed by atoms with Gasteiger partial charge in [-0.25, -0.2) is 0 Å². The molecule has 3 rings (SSSR count). The van der Waals surface area contributed by atoms with E-state index in [-0.39, 0.29) is 5.91 Å². The number of β-amino-alcohol motifs (C(OH)–C–C–N with tert-alkyl or cyclic N) is 1. The van der Waals surface area contributed by atoms with Crippen molar-refractivity contribution < 1.29 is 14.3 Å². The predicted octanol–water partition coefficient (Wildman–Crippen LogP) is 3.18. The highest BCUT2D eigenvalue weighted by atomic mass is 32.2. The molecule has 1 aromatic carbocycles. The van der Waals surface area contributed by atoms with E-state index < -0.39 is 5.60 Å². The summed E-state index contributed by atoms with van der Waals surface area (Å²) in [6.07, 6.45) is 2.54. The number of amides is 1. The molecule has 1 aromatic heterocycles. The third-order valence-corrected chi connectivity index (χ3v) is 4.91. The molecule has 5 heteroatoms. The highest BCUT2D eigenvalue weighted by Gasteiger charge is 2.41. The molecule has 1 aliphatic rings. The van der Waals surface area contributed by atoms with E-state index in [1.54, 1.807) is 22.7 Å². The Bertz CT molecular complexity index is 712. The van der Waals surface area contributed by atoms with E-state index in [1.807, 2.05) is 43.5 Å². The Kier molecular flexibility index (Phi) is 4.50. The molecule has 1 fully saturated rings. The number of nitrogens with zero attached hydrogens (tertiary/aromatic N) is 1. The van der Waals surface area contributed by atoms with Crippen LogP contribution in [-0.4, -0.2) is 35.3 Å². The van der Waals surface area contributed by atoms with E-state index in [9.17, 15) is 9.90 Å². The number of carbonyl (C=O) groups excluding carboxylic acids is 1. The summed E-state index contributed by atoms with van der Waals surface area (Å²) in [5.74, 6) is 1.75. The number of aryl methyl sites for hydroxylation is 1. The van der Waals surface area contributed by atoms with Gasteiger partial charge in [0.2, 0.25) is 0 Å². The van der Waals surface area contributed by atoms with Crippen molar-refractivity contribution in [3.8, 4) is 0 Å². The molecule has 0 spiro atoms. The van der Waals surface area contributed by atoms with Gasteiger partial charge in [0.25, 0.3) is 5.91 Å². The number of carbonyl (C=O) groups is 1. The monoisotopic (exact) mass is 331 g/mol. The van der Waals surface area contributed by atoms with E-state index in [0.717, 1.165) is 22.6 Å². The number of furan rings is 1. The van der Waals surface area contributed by atoms with Gasteiger partial charge in [0, 0.05) is 6.54 Å². The molecular formula is C18H21NO3S. The predicted molar refractivity (Wildman–Crippen MR) is 91.5 cm³/mol. The number of likely N-dealkylation sites (tertiary alicyclic amines) is 1. The molecule has 0 radical (unpaired) electrons. The van der Waals surface area contributed by atoms with Crippen LogP contribution in [0.1, 0.15) is 33.9 Å². The molecule has 1 atom stereocenters. The zero-order chi connectivity index (χ0) is 16.4. The van der Waals surface area contributed by atoms with Crippen LogP contribution < -0.4 is 0 Å². The van der Waals surface area contributed by atoms with Gasteiger partial charge in [-0.15, -0.1) is 0 Å². The normalized spacial score (nSPS) is 20.9. The fourth-order valence-electron chi connectivity index (χ4n) is 3.15. The van der Waals surface area contributed by atoms with Gasteiger partial charge in [0.15, 0.2) is 5.76 Å². The fraction of sp³-hybridized carbons (Fsp3) is 0.389. The minimum atomic E-state index is -0.976. The van der Waals surface area contributed by atoms with E-state index in [1.165, 1.54) is 0 Å². The number of thioether (sulfide) groups is 1. The SMILES string of the molecule is CSCc1ccc(C(=O)N2CCC(O)(c3ccccc3C)C2)o1. The Hall–Kier alpha value is -1.72. The second-order valence-corrected chi connectivity index (χ2v) is 6.89. The highest BCUT2D eigenvalue weighted by molar-refractivity contribution is 7.97. The average Bonchev–Trinajstić information content (AvgIpc) is 3.15. The average molecular weight is 331 g/mol. The molecule has 0 bridgehead atoms. The lowest BCUT2D eigenvalue weighted by atomic mass is 9.89. The minimum Gasteiger partial charge on any atom is -0.455 e. The second-order valence-electron chi connectivity index (χ2n) is 6.02. The molecule has 0 saturated carbocycles. The van der Waals surface area contributed by atoms with Gasteiger partial charge >= 0.3 is 0 Å². The highest BCUT2D eigenvalue weighted by Crippen LogP contribution is 2.34. The number of hydrogen-bond donors (Lipinski definition) is 1. The Labute approximate surface area is 140 Å². The first kappa shape index (κ1) is 16.1. The van der Waals surface area contributed by atoms with Gasteiger partial charge in [-0.2, -0.15) is 11.8 Å². The Morgan fingerprint density at radius 1 is 1.35 bits per heavy atom. The van der Waals surface area contributed by atoms with Crippen molar-refractivity contribution in [3.63, 3.8) is 0 Å². The lowest BCUT2D eigenvalue weighted by molar-refractivity contribution is 0.0402. The minimum absolute atomic E-state index is 0.151. The Morgan fingerprint density at radius 3 is 2.87 bits per heavy atom. The van der Waals surface area contributed by atoms with Crippen molar-refractivity contribution >= 4 is 17.7 Å². The van der Waals surface area contributed by atoms with Crippen molar-refractivity contribution in [2.24, 2.45) is 0 Å².